The van der Waals surface area contributed by atoms with Gasteiger partial charge in [0, 0.05) is 16.3 Å². The van der Waals surface area contributed by atoms with E-state index in [0.717, 1.165) is 54.3 Å². The van der Waals surface area contributed by atoms with Crippen molar-refractivity contribution < 1.29 is 4.79 Å². The Morgan fingerprint density at radius 2 is 2.06 bits per heavy atom. The number of nitriles is 1. The second kappa shape index (κ2) is 9.24. The largest absolute Gasteiger partial charge is 0.316 e. The number of rotatable bonds is 5. The molecule has 0 saturated carbocycles. The van der Waals surface area contributed by atoms with Crippen molar-refractivity contribution in [2.24, 2.45) is 5.92 Å². The summed E-state index contributed by atoms with van der Waals surface area (Å²) in [5.41, 5.74) is 2.93. The number of aryl methyl sites for hydroxylation is 2. The molecule has 0 aromatic carbocycles. The van der Waals surface area contributed by atoms with E-state index < -0.39 is 0 Å². The van der Waals surface area contributed by atoms with Gasteiger partial charge >= 0.3 is 0 Å². The normalized spacial score (nSPS) is 17.4. The SMILES string of the molecule is CCn1c(SCC(=O)Nc2sc3c(c2C#N)CCC(C)C3)nc2sc3c(c2c1=O)CCCC3. The molecule has 9 heteroatoms. The minimum Gasteiger partial charge on any atom is -0.316 e. The fourth-order valence-corrected chi connectivity index (χ4v) is 8.40. The van der Waals surface area contributed by atoms with Crippen molar-refractivity contribution in [3.05, 3.63) is 36.8 Å². The summed E-state index contributed by atoms with van der Waals surface area (Å²) >= 11 is 4.46. The van der Waals surface area contributed by atoms with Crippen LogP contribution in [0.25, 0.3) is 10.2 Å². The molecule has 0 radical (unpaired) electrons. The van der Waals surface area contributed by atoms with Crippen LogP contribution in [0.1, 0.15) is 59.6 Å². The molecule has 2 aliphatic carbocycles. The molecule has 1 N–H and O–H groups in total. The smallest absolute Gasteiger partial charge is 0.263 e. The lowest BCUT2D eigenvalue weighted by Gasteiger charge is -2.17. The monoisotopic (exact) mass is 498 g/mol. The molecule has 33 heavy (non-hydrogen) atoms. The first-order chi connectivity index (χ1) is 16.0. The summed E-state index contributed by atoms with van der Waals surface area (Å²) in [4.78, 5) is 34.2. The molecule has 1 atom stereocenters. The van der Waals surface area contributed by atoms with Crippen molar-refractivity contribution >= 4 is 55.6 Å². The first-order valence-corrected chi connectivity index (χ1v) is 14.1. The number of amides is 1. The Labute approximate surface area is 205 Å². The van der Waals surface area contributed by atoms with Crippen molar-refractivity contribution in [3.8, 4) is 6.07 Å². The molecule has 0 spiro atoms. The maximum Gasteiger partial charge on any atom is 0.263 e. The van der Waals surface area contributed by atoms with Crippen LogP contribution in [0.4, 0.5) is 5.00 Å². The van der Waals surface area contributed by atoms with Gasteiger partial charge in [-0.15, -0.1) is 22.7 Å². The highest BCUT2D eigenvalue weighted by Crippen LogP contribution is 2.39. The predicted molar refractivity (Wildman–Crippen MR) is 136 cm³/mol. The summed E-state index contributed by atoms with van der Waals surface area (Å²) in [6.45, 7) is 4.68. The molecular formula is C24H26N4O2S3. The van der Waals surface area contributed by atoms with Gasteiger partial charge in [0.1, 0.15) is 15.9 Å². The summed E-state index contributed by atoms with van der Waals surface area (Å²) in [6, 6.07) is 2.30. The number of nitrogens with one attached hydrogen (secondary N) is 1. The Balaban J connectivity index is 1.37. The van der Waals surface area contributed by atoms with E-state index in [0.29, 0.717) is 28.2 Å². The summed E-state index contributed by atoms with van der Waals surface area (Å²) in [5, 5.41) is 14.7. The van der Waals surface area contributed by atoms with Crippen LogP contribution in [-0.4, -0.2) is 21.2 Å². The van der Waals surface area contributed by atoms with Gasteiger partial charge in [0.2, 0.25) is 5.91 Å². The number of anilines is 1. The minimum absolute atomic E-state index is 0.0108. The average Bonchev–Trinajstić information content (AvgIpc) is 3.34. The van der Waals surface area contributed by atoms with Crippen LogP contribution in [0.15, 0.2) is 9.95 Å². The highest BCUT2D eigenvalue weighted by atomic mass is 32.2. The van der Waals surface area contributed by atoms with Crippen LogP contribution in [0.5, 0.6) is 0 Å². The molecule has 3 heterocycles. The van der Waals surface area contributed by atoms with E-state index in [1.165, 1.54) is 44.8 Å². The van der Waals surface area contributed by atoms with E-state index >= 15 is 0 Å². The third kappa shape index (κ3) is 4.13. The third-order valence-corrected chi connectivity index (χ3v) is 9.90. The maximum atomic E-state index is 13.3. The lowest BCUT2D eigenvalue weighted by Crippen LogP contribution is -2.24. The van der Waals surface area contributed by atoms with Crippen LogP contribution < -0.4 is 10.9 Å². The third-order valence-electron chi connectivity index (χ3n) is 6.56. The van der Waals surface area contributed by atoms with Gasteiger partial charge in [0.05, 0.1) is 16.7 Å². The van der Waals surface area contributed by atoms with E-state index in [1.54, 1.807) is 15.9 Å². The maximum absolute atomic E-state index is 13.3. The molecule has 0 bridgehead atoms. The fraction of sp³-hybridized carbons (Fsp3) is 0.500. The molecule has 3 aromatic heterocycles. The molecule has 5 rings (SSSR count). The molecule has 0 saturated heterocycles. The number of hydrogen-bond donors (Lipinski definition) is 1. The van der Waals surface area contributed by atoms with E-state index in [4.69, 9.17) is 4.98 Å². The number of fused-ring (bicyclic) bond motifs is 4. The van der Waals surface area contributed by atoms with Crippen LogP contribution >= 0.6 is 34.4 Å². The minimum atomic E-state index is -0.175. The molecule has 1 unspecified atom stereocenters. The number of thioether (sulfide) groups is 1. The number of carbonyl (C=O) groups is 1. The van der Waals surface area contributed by atoms with Crippen molar-refractivity contribution in [2.45, 2.75) is 70.5 Å². The molecule has 0 aliphatic heterocycles. The van der Waals surface area contributed by atoms with Gasteiger partial charge in [-0.1, -0.05) is 18.7 Å². The lowest BCUT2D eigenvalue weighted by molar-refractivity contribution is -0.113. The predicted octanol–water partition coefficient (Wildman–Crippen LogP) is 5.15. The average molecular weight is 499 g/mol. The Morgan fingerprint density at radius 1 is 1.24 bits per heavy atom. The summed E-state index contributed by atoms with van der Waals surface area (Å²) in [5.74, 6) is 0.578. The molecule has 0 fully saturated rings. The number of thiophene rings is 2. The standard InChI is InChI=1S/C24H26N4O2S3/c1-3-28-23(30)20-15-6-4-5-7-17(15)32-22(20)27-24(28)31-12-19(29)26-21-16(11-25)14-9-8-13(2)10-18(14)33-21/h13H,3-10,12H2,1-2H3,(H,26,29). The van der Waals surface area contributed by atoms with E-state index in [2.05, 4.69) is 18.3 Å². The zero-order chi connectivity index (χ0) is 23.1. The van der Waals surface area contributed by atoms with Gasteiger partial charge < -0.3 is 5.32 Å². The molecule has 1 amide bonds. The summed E-state index contributed by atoms with van der Waals surface area (Å²) in [6.07, 6.45) is 7.22. The van der Waals surface area contributed by atoms with Crippen molar-refractivity contribution in [3.63, 3.8) is 0 Å². The van der Waals surface area contributed by atoms with Crippen molar-refractivity contribution in [1.82, 2.24) is 9.55 Å². The summed E-state index contributed by atoms with van der Waals surface area (Å²) < 4.78 is 1.69. The topological polar surface area (TPSA) is 87.8 Å². The van der Waals surface area contributed by atoms with Crippen LogP contribution in [0.2, 0.25) is 0 Å². The fourth-order valence-electron chi connectivity index (χ4n) is 4.86. The van der Waals surface area contributed by atoms with Gasteiger partial charge in [-0.25, -0.2) is 4.98 Å². The first-order valence-electron chi connectivity index (χ1n) is 11.5. The Hall–Kier alpha value is -2.15. The lowest BCUT2D eigenvalue weighted by atomic mass is 9.89. The second-order valence-electron chi connectivity index (χ2n) is 8.84. The Bertz CT molecular complexity index is 1340. The highest BCUT2D eigenvalue weighted by Gasteiger charge is 2.25. The number of aromatic nitrogens is 2. The quantitative estimate of drug-likeness (QED) is 0.388. The Morgan fingerprint density at radius 3 is 2.85 bits per heavy atom. The number of hydrogen-bond acceptors (Lipinski definition) is 7. The van der Waals surface area contributed by atoms with Crippen LogP contribution in [-0.2, 0) is 37.0 Å². The highest BCUT2D eigenvalue weighted by molar-refractivity contribution is 7.99. The van der Waals surface area contributed by atoms with E-state index in [1.807, 2.05) is 6.92 Å². The molecule has 6 nitrogen and oxygen atoms in total. The van der Waals surface area contributed by atoms with Crippen LogP contribution in [0, 0.1) is 17.2 Å². The van der Waals surface area contributed by atoms with Crippen molar-refractivity contribution in [2.75, 3.05) is 11.1 Å². The Kier molecular flexibility index (Phi) is 6.34. The van der Waals surface area contributed by atoms with Gasteiger partial charge in [0.25, 0.3) is 5.56 Å². The van der Waals surface area contributed by atoms with Crippen molar-refractivity contribution in [1.29, 1.82) is 5.26 Å². The van der Waals surface area contributed by atoms with Crippen LogP contribution in [0.3, 0.4) is 0 Å². The van der Waals surface area contributed by atoms with Gasteiger partial charge in [-0.2, -0.15) is 5.26 Å². The second-order valence-corrected chi connectivity index (χ2v) is 12.0. The molecule has 2 aliphatic rings. The van der Waals surface area contributed by atoms with Gasteiger partial charge in [0.15, 0.2) is 5.16 Å². The van der Waals surface area contributed by atoms with Gasteiger partial charge in [-0.3, -0.25) is 14.2 Å². The molecular weight excluding hydrogens is 472 g/mol. The van der Waals surface area contributed by atoms with E-state index in [-0.39, 0.29) is 17.2 Å². The van der Waals surface area contributed by atoms with Gasteiger partial charge in [-0.05, 0) is 68.9 Å². The summed E-state index contributed by atoms with van der Waals surface area (Å²) in [7, 11) is 0. The number of carbonyl (C=O) groups excluding carboxylic acids is 1. The zero-order valence-corrected chi connectivity index (χ0v) is 21.3. The number of nitrogens with zero attached hydrogens (tertiary/aromatic N) is 3. The first kappa shape index (κ1) is 22.6. The molecule has 3 aromatic rings. The zero-order valence-electron chi connectivity index (χ0n) is 18.8. The van der Waals surface area contributed by atoms with E-state index in [9.17, 15) is 14.9 Å². The molecule has 172 valence electrons.